The number of carbonyl (C=O) groups is 4. The topological polar surface area (TPSA) is 167 Å². The second-order valence-electron chi connectivity index (χ2n) is 8.10. The molecule has 1 aromatic carbocycles. The molecule has 0 aliphatic carbocycles. The average Bonchev–Trinajstić information content (AvgIpc) is 3.28. The van der Waals surface area contributed by atoms with E-state index in [1.165, 1.54) is 6.92 Å². The van der Waals surface area contributed by atoms with Crippen LogP contribution in [0.3, 0.4) is 0 Å². The average molecular weight is 520 g/mol. The Bertz CT molecular complexity index is 1140. The Balaban J connectivity index is 1.99. The maximum Gasteiger partial charge on any atom is 0.303 e. The van der Waals surface area contributed by atoms with Crippen molar-refractivity contribution in [3.8, 4) is 5.75 Å². The Morgan fingerprint density at radius 1 is 0.892 bits per heavy atom. The first-order valence-corrected chi connectivity index (χ1v) is 11.3. The van der Waals surface area contributed by atoms with Gasteiger partial charge in [-0.05, 0) is 11.3 Å². The normalized spacial score (nSPS) is 23.0. The molecule has 14 heteroatoms. The summed E-state index contributed by atoms with van der Waals surface area (Å²) in [7, 11) is 1.54. The molecule has 0 spiro atoms. The number of nitrogens with zero attached hydrogens (tertiary/aromatic N) is 4. The lowest BCUT2D eigenvalue weighted by Crippen LogP contribution is -2.60. The van der Waals surface area contributed by atoms with E-state index < -0.39 is 54.5 Å². The minimum absolute atomic E-state index is 0.259. The number of benzene rings is 1. The molecule has 0 radical (unpaired) electrons. The highest BCUT2D eigenvalue weighted by atomic mass is 16.7. The highest BCUT2D eigenvalue weighted by Gasteiger charge is 2.53. The molecule has 37 heavy (non-hydrogen) atoms. The number of tetrazole rings is 1. The minimum atomic E-state index is -1.34. The fraction of sp³-hybridized carbons (Fsp3) is 0.522. The van der Waals surface area contributed by atoms with E-state index in [0.29, 0.717) is 5.75 Å². The molecule has 1 saturated heterocycles. The van der Waals surface area contributed by atoms with Gasteiger partial charge in [0, 0.05) is 39.7 Å². The fourth-order valence-corrected chi connectivity index (χ4v) is 3.85. The van der Waals surface area contributed by atoms with Gasteiger partial charge < -0.3 is 28.4 Å². The molecule has 1 aromatic heterocycles. The van der Waals surface area contributed by atoms with Crippen LogP contribution in [0.1, 0.15) is 45.3 Å². The Hall–Kier alpha value is -4.07. The van der Waals surface area contributed by atoms with Crippen LogP contribution in [0.5, 0.6) is 5.75 Å². The lowest BCUT2D eigenvalue weighted by atomic mass is 9.97. The smallest absolute Gasteiger partial charge is 0.303 e. The van der Waals surface area contributed by atoms with Gasteiger partial charge in [-0.3, -0.25) is 19.2 Å². The summed E-state index contributed by atoms with van der Waals surface area (Å²) in [5, 5.41) is 12.5. The number of ether oxygens (including phenoxy) is 6. The highest BCUT2D eigenvalue weighted by molar-refractivity contribution is 5.68. The molecule has 2 aromatic rings. The van der Waals surface area contributed by atoms with Gasteiger partial charge in [0.2, 0.25) is 6.23 Å². The van der Waals surface area contributed by atoms with E-state index in [1.807, 2.05) is 18.2 Å². The van der Waals surface area contributed by atoms with Crippen LogP contribution in [-0.2, 0) is 49.3 Å². The molecule has 2 heterocycles. The van der Waals surface area contributed by atoms with Crippen molar-refractivity contribution in [3.05, 3.63) is 35.7 Å². The van der Waals surface area contributed by atoms with Crippen LogP contribution in [0.25, 0.3) is 0 Å². The molecule has 1 aliphatic rings. The van der Waals surface area contributed by atoms with Gasteiger partial charge in [-0.25, -0.2) is 0 Å². The third kappa shape index (κ3) is 7.22. The van der Waals surface area contributed by atoms with Crippen molar-refractivity contribution in [2.75, 3.05) is 13.7 Å². The SMILES string of the molecule is COc1ccccc1Cc1nnn(C2OC(COC(C)=O)C(OC(C)=O)C(OC(C)=O)C2OC(C)=O)n1. The molecule has 0 amide bonds. The zero-order valence-electron chi connectivity index (χ0n) is 21.0. The van der Waals surface area contributed by atoms with Crippen LogP contribution in [0.4, 0.5) is 0 Å². The summed E-state index contributed by atoms with van der Waals surface area (Å²) < 4.78 is 32.7. The molecule has 3 rings (SSSR count). The zero-order valence-corrected chi connectivity index (χ0v) is 21.0. The van der Waals surface area contributed by atoms with Crippen molar-refractivity contribution >= 4 is 23.9 Å². The van der Waals surface area contributed by atoms with Crippen molar-refractivity contribution in [1.29, 1.82) is 0 Å². The Kier molecular flexibility index (Phi) is 9.11. The number of rotatable bonds is 9. The Morgan fingerprint density at radius 2 is 1.51 bits per heavy atom. The first-order chi connectivity index (χ1) is 17.6. The van der Waals surface area contributed by atoms with Gasteiger partial charge in [0.05, 0.1) is 7.11 Å². The number of esters is 4. The monoisotopic (exact) mass is 520 g/mol. The molecule has 0 bridgehead atoms. The van der Waals surface area contributed by atoms with Crippen LogP contribution >= 0.6 is 0 Å². The lowest BCUT2D eigenvalue weighted by molar-refractivity contribution is -0.272. The largest absolute Gasteiger partial charge is 0.496 e. The van der Waals surface area contributed by atoms with E-state index in [0.717, 1.165) is 31.1 Å². The van der Waals surface area contributed by atoms with E-state index in [9.17, 15) is 19.2 Å². The summed E-state index contributed by atoms with van der Waals surface area (Å²) in [6.45, 7) is 4.26. The summed E-state index contributed by atoms with van der Waals surface area (Å²) in [6.07, 6.45) is -6.11. The van der Waals surface area contributed by atoms with E-state index in [2.05, 4.69) is 15.4 Å². The maximum absolute atomic E-state index is 12.0. The summed E-state index contributed by atoms with van der Waals surface area (Å²) in [4.78, 5) is 48.3. The van der Waals surface area contributed by atoms with Gasteiger partial charge in [0.1, 0.15) is 18.5 Å². The predicted octanol–water partition coefficient (Wildman–Crippen LogP) is 0.528. The van der Waals surface area contributed by atoms with Crippen LogP contribution < -0.4 is 4.74 Å². The molecule has 14 nitrogen and oxygen atoms in total. The molecular formula is C23H28N4O10. The molecule has 1 fully saturated rings. The molecule has 200 valence electrons. The predicted molar refractivity (Wildman–Crippen MR) is 121 cm³/mol. The van der Waals surface area contributed by atoms with Crippen LogP contribution in [0, 0.1) is 0 Å². The molecule has 1 aliphatic heterocycles. The van der Waals surface area contributed by atoms with Gasteiger partial charge >= 0.3 is 23.9 Å². The van der Waals surface area contributed by atoms with E-state index in [4.69, 9.17) is 28.4 Å². The third-order valence-corrected chi connectivity index (χ3v) is 5.20. The standard InChI is InChI=1S/C23H28N4O10/c1-12(28)33-11-18-20(34-13(2)29)21(35-14(3)30)22(36-15(4)31)23(37-18)27-25-19(24-26-27)10-16-8-6-7-9-17(16)32-5/h6-9,18,20-23H,10-11H2,1-5H3. The molecule has 5 atom stereocenters. The quantitative estimate of drug-likeness (QED) is 0.332. The van der Waals surface area contributed by atoms with Crippen LogP contribution in [0.15, 0.2) is 24.3 Å². The van der Waals surface area contributed by atoms with Gasteiger partial charge in [-0.1, -0.05) is 18.2 Å². The van der Waals surface area contributed by atoms with Crippen molar-refractivity contribution in [2.45, 2.75) is 64.8 Å². The van der Waals surface area contributed by atoms with Crippen LogP contribution in [-0.4, -0.2) is 82.2 Å². The van der Waals surface area contributed by atoms with E-state index >= 15 is 0 Å². The first kappa shape index (κ1) is 27.5. The number of para-hydroxylation sites is 1. The molecule has 5 unspecified atom stereocenters. The van der Waals surface area contributed by atoms with Gasteiger partial charge in [0.15, 0.2) is 24.1 Å². The van der Waals surface area contributed by atoms with Gasteiger partial charge in [-0.2, -0.15) is 0 Å². The van der Waals surface area contributed by atoms with Crippen LogP contribution in [0.2, 0.25) is 0 Å². The minimum Gasteiger partial charge on any atom is -0.496 e. The lowest BCUT2D eigenvalue weighted by Gasteiger charge is -2.43. The number of hydrogen-bond acceptors (Lipinski definition) is 13. The molecule has 0 saturated carbocycles. The number of aromatic nitrogens is 4. The summed E-state index contributed by atoms with van der Waals surface area (Å²) in [6, 6.07) is 7.29. The summed E-state index contributed by atoms with van der Waals surface area (Å²) in [5.74, 6) is -1.90. The van der Waals surface area contributed by atoms with E-state index in [-0.39, 0.29) is 18.9 Å². The molecular weight excluding hydrogens is 492 g/mol. The second kappa shape index (κ2) is 12.3. The Morgan fingerprint density at radius 3 is 2.14 bits per heavy atom. The first-order valence-electron chi connectivity index (χ1n) is 11.3. The van der Waals surface area contributed by atoms with Gasteiger partial charge in [-0.15, -0.1) is 15.0 Å². The number of methoxy groups -OCH3 is 1. The van der Waals surface area contributed by atoms with Crippen molar-refractivity contribution < 1.29 is 47.6 Å². The van der Waals surface area contributed by atoms with Gasteiger partial charge in [0.25, 0.3) is 0 Å². The zero-order chi connectivity index (χ0) is 27.1. The maximum atomic E-state index is 12.0. The fourth-order valence-electron chi connectivity index (χ4n) is 3.85. The third-order valence-electron chi connectivity index (χ3n) is 5.20. The highest BCUT2D eigenvalue weighted by Crippen LogP contribution is 2.34. The second-order valence-corrected chi connectivity index (χ2v) is 8.10. The number of carbonyl (C=O) groups excluding carboxylic acids is 4. The number of hydrogen-bond donors (Lipinski definition) is 0. The van der Waals surface area contributed by atoms with E-state index in [1.54, 1.807) is 13.2 Å². The summed E-state index contributed by atoms with van der Waals surface area (Å²) in [5.41, 5.74) is 0.797. The van der Waals surface area contributed by atoms with Crippen molar-refractivity contribution in [2.24, 2.45) is 0 Å². The van der Waals surface area contributed by atoms with Crippen molar-refractivity contribution in [1.82, 2.24) is 20.2 Å². The molecule has 0 N–H and O–H groups in total. The Labute approximate surface area is 212 Å². The summed E-state index contributed by atoms with van der Waals surface area (Å²) >= 11 is 0. The van der Waals surface area contributed by atoms with Crippen molar-refractivity contribution in [3.63, 3.8) is 0 Å².